The summed E-state index contributed by atoms with van der Waals surface area (Å²) >= 11 is 6.13. The second kappa shape index (κ2) is 20.4. The maximum atomic E-state index is 3.88. The monoisotopic (exact) mass is 1070 g/mol. The molecule has 0 N–H and O–H groups in total. The summed E-state index contributed by atoms with van der Waals surface area (Å²) in [5.41, 5.74) is 16.2. The molecule has 1 aliphatic carbocycles. The fraction of sp³-hybridized carbons (Fsp3) is 0.176. The van der Waals surface area contributed by atoms with E-state index in [-0.39, 0.29) is 35.6 Å². The summed E-state index contributed by atoms with van der Waals surface area (Å²) in [6.45, 7) is 13.9. The summed E-state index contributed by atoms with van der Waals surface area (Å²) in [5.74, 6) is 0. The summed E-state index contributed by atoms with van der Waals surface area (Å²) in [7, 11) is 0. The van der Waals surface area contributed by atoms with Crippen LogP contribution in [0.25, 0.3) is 33.4 Å². The number of hydrogen-bond donors (Lipinski definition) is 0. The molecule has 5 heteroatoms. The zero-order valence-corrected chi connectivity index (χ0v) is 41.0. The third-order valence-corrected chi connectivity index (χ3v) is 12.5. The molecule has 56 heavy (non-hydrogen) atoms. The van der Waals surface area contributed by atoms with Crippen molar-refractivity contribution in [3.8, 4) is 33.4 Å². The van der Waals surface area contributed by atoms with Gasteiger partial charge in [0.05, 0.1) is 0 Å². The second-order valence-corrected chi connectivity index (χ2v) is 19.5. The molecule has 284 valence electrons. The van der Waals surface area contributed by atoms with Crippen molar-refractivity contribution in [2.75, 3.05) is 0 Å². The molecule has 0 unspecified atom stereocenters. The van der Waals surface area contributed by atoms with E-state index in [0.717, 1.165) is 6.42 Å². The van der Waals surface area contributed by atoms with Gasteiger partial charge >= 0.3 is 139 Å². The molecule has 0 radical (unpaired) electrons. The van der Waals surface area contributed by atoms with E-state index in [1.54, 1.807) is 0 Å². The van der Waals surface area contributed by atoms with Crippen molar-refractivity contribution in [3.63, 3.8) is 0 Å². The zero-order valence-electron chi connectivity index (χ0n) is 32.7. The van der Waals surface area contributed by atoms with Crippen molar-refractivity contribution in [1.29, 1.82) is 0 Å². The summed E-state index contributed by atoms with van der Waals surface area (Å²) < 4.78 is 3.99. The van der Waals surface area contributed by atoms with Crippen molar-refractivity contribution in [1.82, 2.24) is 0 Å². The van der Waals surface area contributed by atoms with E-state index in [9.17, 15) is 0 Å². The summed E-state index contributed by atoms with van der Waals surface area (Å²) in [6, 6.07) is 60.3. The van der Waals surface area contributed by atoms with Crippen molar-refractivity contribution < 1.29 is 49.0 Å². The van der Waals surface area contributed by atoms with Crippen molar-refractivity contribution in [3.05, 3.63) is 204 Å². The minimum Gasteiger partial charge on any atom is -0.214 e. The predicted molar refractivity (Wildman–Crippen MR) is 245 cm³/mol. The van der Waals surface area contributed by atoms with Gasteiger partial charge in [-0.2, -0.15) is 18.2 Å². The molecular weight excluding hydrogens is 1030 g/mol. The smallest absolute Gasteiger partial charge is 0.172 e. The van der Waals surface area contributed by atoms with Gasteiger partial charge in [-0.05, 0) is 39.5 Å². The molecule has 0 spiro atoms. The van der Waals surface area contributed by atoms with E-state index in [0.29, 0.717) is 0 Å². The maximum absolute atomic E-state index is 3.88. The van der Waals surface area contributed by atoms with Crippen LogP contribution in [0.2, 0.25) is 0 Å². The fourth-order valence-corrected chi connectivity index (χ4v) is 8.36. The Hall–Kier alpha value is -2.54. The first kappa shape index (κ1) is 46.2. The molecule has 8 rings (SSSR count). The van der Waals surface area contributed by atoms with Gasteiger partial charge in [0.1, 0.15) is 0 Å². The Balaban J connectivity index is 0.000000252. The van der Waals surface area contributed by atoms with Gasteiger partial charge in [0.25, 0.3) is 0 Å². The molecule has 0 aromatic heterocycles. The first-order chi connectivity index (χ1) is 25.8. The number of hydrogen-bond acceptors (Lipinski definition) is 0. The van der Waals surface area contributed by atoms with Crippen LogP contribution in [0, 0.1) is 13.2 Å². The van der Waals surface area contributed by atoms with E-state index in [4.69, 9.17) is 0 Å². The molecule has 0 heterocycles. The van der Waals surface area contributed by atoms with Crippen LogP contribution in [0.3, 0.4) is 0 Å². The quantitative estimate of drug-likeness (QED) is 0.123. The average Bonchev–Trinajstić information content (AvgIpc) is 3.86. The van der Waals surface area contributed by atoms with Gasteiger partial charge in [0.2, 0.25) is 0 Å². The number of halogens is 4. The minimum atomic E-state index is 0. The van der Waals surface area contributed by atoms with Gasteiger partial charge in [-0.1, -0.05) is 131 Å². The molecule has 0 atom stereocenters. The van der Waals surface area contributed by atoms with E-state index < -0.39 is 0 Å². The summed E-state index contributed by atoms with van der Waals surface area (Å²) in [5, 5.41) is 0. The van der Waals surface area contributed by atoms with Crippen LogP contribution < -0.4 is 24.8 Å². The largest absolute Gasteiger partial charge is 0.214 e. The van der Waals surface area contributed by atoms with Crippen LogP contribution in [0.5, 0.6) is 0 Å². The Morgan fingerprint density at radius 1 is 0.554 bits per heavy atom. The Labute approximate surface area is 389 Å². The third-order valence-electron chi connectivity index (χ3n) is 9.64. The van der Waals surface area contributed by atoms with Gasteiger partial charge in [0, 0.05) is 0 Å². The Morgan fingerprint density at radius 2 is 1.02 bits per heavy atom. The Bertz CT molecular complexity index is 2150. The SMILES string of the molecule is CC(C)(C)c1cc2c([c-]c1-c1ccccc1)Cc1cc(-c3ccccc3)c(C(C)(C)C)cc1-2.[Cl-].[Cl-].[Zr+2]=[C](c1ccc(I)cc1)c1ccc(I)cc1.c1cc[cH-]c1. The van der Waals surface area contributed by atoms with Crippen molar-refractivity contribution >= 4 is 48.4 Å². The molecule has 0 nitrogen and oxygen atoms in total. The molecule has 0 saturated carbocycles. The van der Waals surface area contributed by atoms with Gasteiger partial charge in [-0.25, -0.2) is 12.1 Å². The molecule has 1 aliphatic rings. The van der Waals surface area contributed by atoms with Crippen LogP contribution in [-0.2, 0) is 41.5 Å². The summed E-state index contributed by atoms with van der Waals surface area (Å²) in [6.07, 6.45) is 0.944. The van der Waals surface area contributed by atoms with Gasteiger partial charge in [0.15, 0.2) is 0 Å². The average molecular weight is 1070 g/mol. The second-order valence-electron chi connectivity index (χ2n) is 15.8. The first-order valence-corrected chi connectivity index (χ1v) is 21.8. The fourth-order valence-electron chi connectivity index (χ4n) is 6.82. The van der Waals surface area contributed by atoms with E-state index in [1.165, 1.54) is 101 Å². The topological polar surface area (TPSA) is 0 Å². The molecule has 7 aromatic rings. The van der Waals surface area contributed by atoms with Crippen molar-refractivity contribution in [2.24, 2.45) is 0 Å². The molecular formula is C51H46Cl2I2Zr-2. The molecule has 0 fully saturated rings. The summed E-state index contributed by atoms with van der Waals surface area (Å²) in [4.78, 5) is 0. The van der Waals surface area contributed by atoms with E-state index >= 15 is 0 Å². The van der Waals surface area contributed by atoms with Crippen molar-refractivity contribution in [2.45, 2.75) is 58.8 Å². The van der Waals surface area contributed by atoms with Crippen LogP contribution in [0.1, 0.15) is 74.9 Å². The van der Waals surface area contributed by atoms with Gasteiger partial charge < -0.3 is 24.8 Å². The van der Waals surface area contributed by atoms with E-state index in [1.807, 2.05) is 30.3 Å². The van der Waals surface area contributed by atoms with Crippen LogP contribution in [0.15, 0.2) is 158 Å². The third kappa shape index (κ3) is 11.6. The first-order valence-electron chi connectivity index (χ1n) is 18.4. The molecule has 0 aliphatic heterocycles. The van der Waals surface area contributed by atoms with Crippen LogP contribution >= 0.6 is 45.2 Å². The molecule has 0 saturated heterocycles. The standard InChI is InChI=1S/C33H33.C13H8I2.C5H5.2ClH.Zr/c1-32(2,3)30-20-26-24(18-28(30)22-13-9-7-10-14-22)17-25-19-29(23-15-11-8-12-16-23)31(21-27(25)26)33(4,5)6;14-12-5-1-10(2-6-12)9-11-3-7-13(15)8-4-11;1-2-4-5-3-1;;;/h7-16,18,20-21H,17H2,1-6H3;1-8H;1-5H;2*1H;/q-1;;-1;;;+2/p-2. The molecule has 0 bridgehead atoms. The zero-order chi connectivity index (χ0) is 38.5. The number of fused-ring (bicyclic) bond motifs is 3. The number of benzene rings is 6. The predicted octanol–water partition coefficient (Wildman–Crippen LogP) is 8.41. The molecule has 0 amide bonds. The van der Waals surface area contributed by atoms with Gasteiger partial charge in [-0.15, -0.1) is 28.8 Å². The Kier molecular flexibility index (Phi) is 16.8. The van der Waals surface area contributed by atoms with Crippen LogP contribution in [-0.4, -0.2) is 3.21 Å². The van der Waals surface area contributed by atoms with Crippen LogP contribution in [0.4, 0.5) is 0 Å². The normalized spacial score (nSPS) is 11.3. The van der Waals surface area contributed by atoms with Gasteiger partial charge in [-0.3, -0.25) is 0 Å². The maximum Gasteiger partial charge on any atom is -0.172 e. The molecule has 7 aromatic carbocycles. The Morgan fingerprint density at radius 3 is 1.46 bits per heavy atom. The number of rotatable bonds is 4. The minimum absolute atomic E-state index is 0. The van der Waals surface area contributed by atoms with E-state index in [2.05, 4.69) is 220 Å².